The van der Waals surface area contributed by atoms with Gasteiger partial charge in [0.15, 0.2) is 6.29 Å². The normalized spacial score (nSPS) is 21.7. The van der Waals surface area contributed by atoms with E-state index in [0.717, 1.165) is 79.2 Å². The lowest BCUT2D eigenvalue weighted by Gasteiger charge is -2.67. The molecule has 0 bridgehead atoms. The van der Waals surface area contributed by atoms with Crippen molar-refractivity contribution in [1.82, 2.24) is 0 Å². The van der Waals surface area contributed by atoms with Crippen molar-refractivity contribution in [2.75, 3.05) is 26.4 Å². The lowest BCUT2D eigenvalue weighted by Crippen LogP contribution is -2.71. The van der Waals surface area contributed by atoms with Gasteiger partial charge in [-0.2, -0.15) is 0 Å². The maximum atomic E-state index is 12.8. The summed E-state index contributed by atoms with van der Waals surface area (Å²) < 4.78 is 33.3. The molecular weight excluding hydrogens is 1040 g/mol. The lowest BCUT2D eigenvalue weighted by atomic mass is 9.54. The van der Waals surface area contributed by atoms with E-state index in [1.165, 1.54) is 38.9 Å². The van der Waals surface area contributed by atoms with E-state index >= 15 is 0 Å². The SMILES string of the molecule is CCC(C)(C)c1ccc(C2OC(c3ccc(C(C)(C)CC)cc3C(C)(C)CC)(C(C)(C)CO)OC(c3ccc(C(C)(C)CC)cc3C(C)(C)CC)(c3ccc(C(C)(C)CC)cc3C(C)(C)CC)C23COC(C(C)(C)CO)OC3)c(C(C)(C)CC)c1. The molecule has 6 rings (SSSR count). The highest BCUT2D eigenvalue weighted by Gasteiger charge is 2.74. The molecule has 2 saturated heterocycles. The van der Waals surface area contributed by atoms with Crippen LogP contribution in [0.1, 0.15) is 318 Å². The van der Waals surface area contributed by atoms with Crippen LogP contribution in [-0.2, 0) is 73.7 Å². The predicted molar refractivity (Wildman–Crippen MR) is 360 cm³/mol. The fraction of sp³-hybridized carbons (Fsp3) is 0.696. The van der Waals surface area contributed by atoms with Crippen LogP contribution in [0.2, 0.25) is 0 Å². The highest BCUT2D eigenvalue weighted by atomic mass is 16.7. The summed E-state index contributed by atoms with van der Waals surface area (Å²) in [5.74, 6) is -1.67. The summed E-state index contributed by atoms with van der Waals surface area (Å²) in [6.07, 6.45) is 5.75. The fourth-order valence-corrected chi connectivity index (χ4v) is 13.1. The number of aliphatic hydroxyl groups excluding tert-OH is 2. The first-order valence-electron chi connectivity index (χ1n) is 33.5. The van der Waals surface area contributed by atoms with Crippen LogP contribution in [0.4, 0.5) is 0 Å². The summed E-state index contributed by atoms with van der Waals surface area (Å²) in [5.41, 5.74) is 7.46. The Balaban J connectivity index is 2.16. The minimum absolute atomic E-state index is 0.115. The molecule has 4 aromatic rings. The van der Waals surface area contributed by atoms with Gasteiger partial charge in [0, 0.05) is 16.4 Å². The Bertz CT molecular complexity index is 2870. The Hall–Kier alpha value is -3.36. The van der Waals surface area contributed by atoms with E-state index in [1.54, 1.807) is 0 Å². The predicted octanol–water partition coefficient (Wildman–Crippen LogP) is 20.5. The second-order valence-corrected chi connectivity index (χ2v) is 33.2. The lowest BCUT2D eigenvalue weighted by molar-refractivity contribution is -0.463. The van der Waals surface area contributed by atoms with Crippen molar-refractivity contribution in [1.29, 1.82) is 0 Å². The highest BCUT2D eigenvalue weighted by molar-refractivity contribution is 5.57. The van der Waals surface area contributed by atoms with Gasteiger partial charge in [0.25, 0.3) is 0 Å². The van der Waals surface area contributed by atoms with Gasteiger partial charge in [0.2, 0.25) is 5.79 Å². The molecule has 2 aliphatic rings. The maximum absolute atomic E-state index is 12.8. The first-order valence-corrected chi connectivity index (χ1v) is 33.5. The van der Waals surface area contributed by atoms with Gasteiger partial charge in [0.05, 0.1) is 31.8 Å². The standard InChI is InChI=1S/C79H124O6/c1-29-67(9,10)53-37-41-57(61(45-53)71(17,18)33-5)65-77(51-82-66(83-52-77)75(25,26)49-80)78(58-42-38-54(68(11,12)30-2)46-62(58)72(19,20)34-6,59-43-39-55(69(13,14)31-3)47-63(59)73(21,22)35-7)85-79(84-65,76(27,28)50-81)60-44-40-56(70(15,16)32-4)48-64(60)74(23,24)36-8/h37-48,65-66,80-81H,29-36,49-52H2,1-28H3. The number of hydrogen-bond donors (Lipinski definition) is 2. The van der Waals surface area contributed by atoms with E-state index < -0.39 is 40.0 Å². The van der Waals surface area contributed by atoms with Crippen molar-refractivity contribution in [3.05, 3.63) is 140 Å². The van der Waals surface area contributed by atoms with E-state index in [4.69, 9.17) is 14.2 Å². The van der Waals surface area contributed by atoms with Crippen LogP contribution in [0.5, 0.6) is 0 Å². The van der Waals surface area contributed by atoms with Gasteiger partial charge in [0.1, 0.15) is 11.7 Å². The number of aliphatic hydroxyl groups is 2. The van der Waals surface area contributed by atoms with Gasteiger partial charge in [-0.15, -0.1) is 0 Å². The van der Waals surface area contributed by atoms with Crippen molar-refractivity contribution in [2.24, 2.45) is 16.2 Å². The zero-order valence-electron chi connectivity index (χ0n) is 59.6. The zero-order chi connectivity index (χ0) is 64.4. The third-order valence-electron chi connectivity index (χ3n) is 23.7. The number of hydrogen-bond acceptors (Lipinski definition) is 6. The quantitative estimate of drug-likeness (QED) is 0.0728. The zero-order valence-corrected chi connectivity index (χ0v) is 59.6. The number of ether oxygens (including phenoxy) is 4. The van der Waals surface area contributed by atoms with Gasteiger partial charge in [-0.25, -0.2) is 0 Å². The van der Waals surface area contributed by atoms with Crippen LogP contribution >= 0.6 is 0 Å². The fourth-order valence-electron chi connectivity index (χ4n) is 13.1. The molecule has 0 aromatic heterocycles. The number of rotatable bonds is 24. The molecule has 6 nitrogen and oxygen atoms in total. The molecule has 476 valence electrons. The van der Waals surface area contributed by atoms with Gasteiger partial charge < -0.3 is 29.2 Å². The second kappa shape index (κ2) is 24.4. The highest BCUT2D eigenvalue weighted by Crippen LogP contribution is 2.71. The van der Waals surface area contributed by atoms with Crippen molar-refractivity contribution >= 4 is 0 Å². The van der Waals surface area contributed by atoms with Crippen LogP contribution in [0.25, 0.3) is 0 Å². The Morgan fingerprint density at radius 2 is 0.694 bits per heavy atom. The molecule has 1 spiro atoms. The molecule has 2 N–H and O–H groups in total. The third kappa shape index (κ3) is 12.3. The average Bonchev–Trinajstić information content (AvgIpc) is 0.718. The van der Waals surface area contributed by atoms with Crippen LogP contribution in [0.3, 0.4) is 0 Å². The average molecular weight is 1170 g/mol. The van der Waals surface area contributed by atoms with Gasteiger partial charge in [-0.3, -0.25) is 0 Å². The smallest absolute Gasteiger partial charge is 0.204 e. The van der Waals surface area contributed by atoms with Crippen molar-refractivity contribution in [3.63, 3.8) is 0 Å². The molecule has 2 fully saturated rings. The maximum Gasteiger partial charge on any atom is 0.204 e. The largest absolute Gasteiger partial charge is 0.396 e. The molecule has 0 saturated carbocycles. The molecule has 0 amide bonds. The van der Waals surface area contributed by atoms with Crippen LogP contribution in [0, 0.1) is 16.2 Å². The summed E-state index contributed by atoms with van der Waals surface area (Å²) in [7, 11) is 0. The molecule has 6 heteroatoms. The van der Waals surface area contributed by atoms with Crippen molar-refractivity contribution < 1.29 is 29.2 Å². The monoisotopic (exact) mass is 1170 g/mol. The molecule has 2 heterocycles. The minimum atomic E-state index is -1.67. The van der Waals surface area contributed by atoms with Crippen molar-refractivity contribution in [2.45, 2.75) is 312 Å². The second-order valence-electron chi connectivity index (χ2n) is 33.2. The summed E-state index contributed by atoms with van der Waals surface area (Å²) >= 11 is 0. The number of benzene rings is 4. The molecule has 2 atom stereocenters. The van der Waals surface area contributed by atoms with Gasteiger partial charge in [-0.1, -0.05) is 267 Å². The van der Waals surface area contributed by atoms with Crippen molar-refractivity contribution in [3.8, 4) is 0 Å². The Morgan fingerprint density at radius 3 is 1.02 bits per heavy atom. The topological polar surface area (TPSA) is 77.4 Å². The summed E-state index contributed by atoms with van der Waals surface area (Å²) in [6.45, 7) is 65.0. The molecule has 2 aliphatic heterocycles. The van der Waals surface area contributed by atoms with Crippen LogP contribution in [-0.4, -0.2) is 42.9 Å². The van der Waals surface area contributed by atoms with Gasteiger partial charge >= 0.3 is 0 Å². The molecule has 0 radical (unpaired) electrons. The van der Waals surface area contributed by atoms with E-state index in [0.29, 0.717) is 0 Å². The molecule has 2 unspecified atom stereocenters. The molecule has 0 aliphatic carbocycles. The first-order chi connectivity index (χ1) is 39.1. The van der Waals surface area contributed by atoms with E-state index in [1.807, 2.05) is 13.8 Å². The van der Waals surface area contributed by atoms with Crippen LogP contribution < -0.4 is 0 Å². The van der Waals surface area contributed by atoms with Gasteiger partial charge in [-0.05, 0) is 156 Å². The Labute approximate surface area is 521 Å². The molecule has 85 heavy (non-hydrogen) atoms. The Kier molecular flexibility index (Phi) is 20.3. The molecule has 4 aromatic carbocycles. The minimum Gasteiger partial charge on any atom is -0.396 e. The van der Waals surface area contributed by atoms with E-state index in [9.17, 15) is 14.9 Å². The van der Waals surface area contributed by atoms with E-state index in [-0.39, 0.29) is 69.7 Å². The first kappa shape index (κ1) is 70.7. The summed E-state index contributed by atoms with van der Waals surface area (Å²) in [6, 6.07) is 29.2. The third-order valence-corrected chi connectivity index (χ3v) is 23.7. The van der Waals surface area contributed by atoms with Crippen LogP contribution in [0.15, 0.2) is 72.8 Å². The molecular formula is C79H124O6. The van der Waals surface area contributed by atoms with E-state index in [2.05, 4.69) is 253 Å². The summed E-state index contributed by atoms with van der Waals surface area (Å²) in [5, 5.41) is 24.0. The summed E-state index contributed by atoms with van der Waals surface area (Å²) in [4.78, 5) is 0. The Morgan fingerprint density at radius 1 is 0.388 bits per heavy atom.